The summed E-state index contributed by atoms with van der Waals surface area (Å²) in [6.07, 6.45) is 0. The number of nitrogens with zero attached hydrogens (tertiary/aromatic N) is 1. The maximum atomic E-state index is 13.1. The van der Waals surface area contributed by atoms with Gasteiger partial charge < -0.3 is 20.1 Å². The predicted octanol–water partition coefficient (Wildman–Crippen LogP) is 6.81. The number of rotatable bonds is 7. The van der Waals surface area contributed by atoms with E-state index in [4.69, 9.17) is 4.74 Å². The molecule has 0 bridgehead atoms. The summed E-state index contributed by atoms with van der Waals surface area (Å²) in [5.74, 6) is -0.769. The number of benzene rings is 4. The number of carbonyl (C=O) groups is 2. The summed E-state index contributed by atoms with van der Waals surface area (Å²) in [5, 5.41) is 29.2. The van der Waals surface area contributed by atoms with Crippen molar-refractivity contribution in [3.8, 4) is 34.1 Å². The topological polar surface area (TPSA) is 107 Å². The van der Waals surface area contributed by atoms with Crippen LogP contribution in [-0.2, 0) is 4.79 Å². The zero-order chi connectivity index (χ0) is 25.8. The molecule has 182 valence electrons. The molecular weight excluding hydrogens is 594 g/mol. The second-order valence-corrected chi connectivity index (χ2v) is 9.43. The second-order valence-electron chi connectivity index (χ2n) is 7.72. The average molecular weight is 613 g/mol. The van der Waals surface area contributed by atoms with Crippen molar-refractivity contribution in [2.75, 3.05) is 11.4 Å². The molecule has 0 aliphatic carbocycles. The highest BCUT2D eigenvalue weighted by Gasteiger charge is 2.23. The van der Waals surface area contributed by atoms with Gasteiger partial charge in [-0.3, -0.25) is 14.5 Å². The maximum Gasteiger partial charge on any atom is 0.323 e. The first kappa shape index (κ1) is 25.3. The van der Waals surface area contributed by atoms with Crippen molar-refractivity contribution < 1.29 is 29.6 Å². The molecule has 0 aromatic heterocycles. The molecule has 0 saturated heterocycles. The fourth-order valence-electron chi connectivity index (χ4n) is 3.52. The molecule has 3 N–H and O–H groups in total. The number of phenolic OH excluding ortho intramolecular Hbond substituents is 2. The summed E-state index contributed by atoms with van der Waals surface area (Å²) in [6.45, 7) is -0.572. The second kappa shape index (κ2) is 10.8. The number of carboxylic acids is 1. The molecule has 0 aliphatic rings. The Labute approximate surface area is 223 Å². The first-order valence-electron chi connectivity index (χ1n) is 10.6. The van der Waals surface area contributed by atoms with E-state index in [1.165, 1.54) is 24.3 Å². The number of ether oxygens (including phenoxy) is 1. The van der Waals surface area contributed by atoms with Crippen LogP contribution < -0.4 is 9.64 Å². The molecule has 4 rings (SSSR count). The number of carbonyl (C=O) groups excluding carboxylic acids is 1. The monoisotopic (exact) mass is 611 g/mol. The number of halogens is 2. The van der Waals surface area contributed by atoms with Gasteiger partial charge in [0.25, 0.3) is 5.91 Å². The van der Waals surface area contributed by atoms with Gasteiger partial charge in [0.15, 0.2) is 5.75 Å². The Balaban J connectivity index is 1.67. The Morgan fingerprint density at radius 1 is 0.833 bits per heavy atom. The van der Waals surface area contributed by atoms with Crippen molar-refractivity contribution in [2.24, 2.45) is 0 Å². The molecule has 0 atom stereocenters. The fourth-order valence-corrected chi connectivity index (χ4v) is 4.84. The molecule has 0 fully saturated rings. The van der Waals surface area contributed by atoms with Gasteiger partial charge >= 0.3 is 5.97 Å². The molecule has 7 nitrogen and oxygen atoms in total. The summed E-state index contributed by atoms with van der Waals surface area (Å²) in [5.41, 5.74) is 1.96. The molecule has 4 aromatic rings. The van der Waals surface area contributed by atoms with Crippen molar-refractivity contribution in [1.82, 2.24) is 0 Å². The van der Waals surface area contributed by atoms with E-state index in [0.29, 0.717) is 31.7 Å². The number of carboxylic acid groups (broad SMARTS) is 1. The van der Waals surface area contributed by atoms with Crippen LogP contribution >= 0.6 is 31.9 Å². The van der Waals surface area contributed by atoms with Gasteiger partial charge in [-0.15, -0.1) is 0 Å². The van der Waals surface area contributed by atoms with Crippen molar-refractivity contribution >= 4 is 49.4 Å². The number of aliphatic carboxylic acids is 1. The normalized spacial score (nSPS) is 10.6. The van der Waals surface area contributed by atoms with Gasteiger partial charge in [0.1, 0.15) is 23.8 Å². The predicted molar refractivity (Wildman–Crippen MR) is 143 cm³/mol. The van der Waals surface area contributed by atoms with Gasteiger partial charge in [0.2, 0.25) is 0 Å². The Kier molecular flexibility index (Phi) is 7.61. The minimum atomic E-state index is -1.19. The van der Waals surface area contributed by atoms with Crippen molar-refractivity contribution in [3.05, 3.63) is 99.4 Å². The Bertz CT molecular complexity index is 1400. The Hall–Kier alpha value is -3.82. The summed E-state index contributed by atoms with van der Waals surface area (Å²) in [7, 11) is 0. The first-order valence-corrected chi connectivity index (χ1v) is 12.2. The summed E-state index contributed by atoms with van der Waals surface area (Å²) >= 11 is 6.92. The van der Waals surface area contributed by atoms with Crippen LogP contribution in [0.1, 0.15) is 10.4 Å². The highest BCUT2D eigenvalue weighted by molar-refractivity contribution is 9.11. The lowest BCUT2D eigenvalue weighted by Gasteiger charge is -2.23. The van der Waals surface area contributed by atoms with E-state index in [0.717, 1.165) is 10.5 Å². The lowest BCUT2D eigenvalue weighted by molar-refractivity contribution is -0.135. The summed E-state index contributed by atoms with van der Waals surface area (Å²) < 4.78 is 7.01. The molecule has 4 aromatic carbocycles. The van der Waals surface area contributed by atoms with Gasteiger partial charge in [-0.25, -0.2) is 0 Å². The van der Waals surface area contributed by atoms with Crippen molar-refractivity contribution in [3.63, 3.8) is 0 Å². The zero-order valence-electron chi connectivity index (χ0n) is 18.6. The fraction of sp³-hybridized carbons (Fsp3) is 0.0370. The summed E-state index contributed by atoms with van der Waals surface area (Å²) in [4.78, 5) is 25.7. The molecule has 0 spiro atoms. The zero-order valence-corrected chi connectivity index (χ0v) is 21.7. The minimum absolute atomic E-state index is 0.00650. The highest BCUT2D eigenvalue weighted by Crippen LogP contribution is 2.42. The van der Waals surface area contributed by atoms with E-state index >= 15 is 0 Å². The molecule has 1 amide bonds. The lowest BCUT2D eigenvalue weighted by atomic mass is 10.0. The van der Waals surface area contributed by atoms with E-state index in [-0.39, 0.29) is 17.1 Å². The van der Waals surface area contributed by atoms with Gasteiger partial charge in [-0.1, -0.05) is 30.3 Å². The number of hydrogen-bond donors (Lipinski definition) is 3. The van der Waals surface area contributed by atoms with Crippen LogP contribution in [0.5, 0.6) is 23.0 Å². The number of amides is 1. The van der Waals surface area contributed by atoms with Crippen LogP contribution in [0.25, 0.3) is 11.1 Å². The largest absolute Gasteiger partial charge is 0.508 e. The van der Waals surface area contributed by atoms with Crippen molar-refractivity contribution in [2.45, 2.75) is 0 Å². The molecule has 9 heteroatoms. The van der Waals surface area contributed by atoms with E-state index in [1.807, 2.05) is 30.3 Å². The lowest BCUT2D eigenvalue weighted by Crippen LogP contribution is -2.35. The van der Waals surface area contributed by atoms with Crippen LogP contribution in [0, 0.1) is 0 Å². The highest BCUT2D eigenvalue weighted by atomic mass is 79.9. The quantitative estimate of drug-likeness (QED) is 0.212. The molecule has 36 heavy (non-hydrogen) atoms. The Morgan fingerprint density at radius 3 is 2.08 bits per heavy atom. The third kappa shape index (κ3) is 5.69. The maximum absolute atomic E-state index is 13.1. The number of anilines is 1. The van der Waals surface area contributed by atoms with Crippen LogP contribution in [-0.4, -0.2) is 33.7 Å². The molecule has 0 saturated carbocycles. The number of phenols is 2. The Morgan fingerprint density at radius 2 is 1.47 bits per heavy atom. The number of aromatic hydroxyl groups is 2. The molecule has 0 unspecified atom stereocenters. The van der Waals surface area contributed by atoms with Crippen LogP contribution in [0.2, 0.25) is 0 Å². The standard InChI is InChI=1S/C27H19Br2NO6/c28-22-12-18(30(15-25(33)34)27(35)17-6-8-19(31)9-7-17)13-23(29)26(22)36-20-10-11-24(32)21(14-20)16-4-2-1-3-5-16/h1-14,31-32H,15H2,(H,33,34). The van der Waals surface area contributed by atoms with Crippen molar-refractivity contribution in [1.29, 1.82) is 0 Å². The number of hydrogen-bond acceptors (Lipinski definition) is 5. The van der Waals surface area contributed by atoms with Crippen LogP contribution in [0.15, 0.2) is 93.9 Å². The smallest absolute Gasteiger partial charge is 0.323 e. The van der Waals surface area contributed by atoms with E-state index in [1.54, 1.807) is 30.3 Å². The SMILES string of the molecule is O=C(O)CN(C(=O)c1ccc(O)cc1)c1cc(Br)c(Oc2ccc(O)c(-c3ccccc3)c2)c(Br)c1. The summed E-state index contributed by atoms with van der Waals surface area (Å²) in [6, 6.07) is 23.0. The van der Waals surface area contributed by atoms with Crippen LogP contribution in [0.4, 0.5) is 5.69 Å². The third-order valence-electron chi connectivity index (χ3n) is 5.22. The van der Waals surface area contributed by atoms with Gasteiger partial charge in [-0.2, -0.15) is 0 Å². The van der Waals surface area contributed by atoms with Crippen LogP contribution in [0.3, 0.4) is 0 Å². The molecule has 0 radical (unpaired) electrons. The molecule has 0 aliphatic heterocycles. The minimum Gasteiger partial charge on any atom is -0.508 e. The molecular formula is C27H19Br2NO6. The average Bonchev–Trinajstić information content (AvgIpc) is 2.86. The third-order valence-corrected chi connectivity index (χ3v) is 6.40. The molecule has 0 heterocycles. The van der Waals surface area contributed by atoms with Gasteiger partial charge in [-0.05, 0) is 92.0 Å². The first-order chi connectivity index (χ1) is 17.2. The van der Waals surface area contributed by atoms with Gasteiger partial charge in [0, 0.05) is 16.8 Å². The van der Waals surface area contributed by atoms with E-state index in [9.17, 15) is 24.9 Å². The van der Waals surface area contributed by atoms with E-state index in [2.05, 4.69) is 31.9 Å². The van der Waals surface area contributed by atoms with E-state index < -0.39 is 18.4 Å². The van der Waals surface area contributed by atoms with Gasteiger partial charge in [0.05, 0.1) is 8.95 Å².